The van der Waals surface area contributed by atoms with E-state index in [0.29, 0.717) is 17.3 Å². The Morgan fingerprint density at radius 2 is 1.88 bits per heavy atom. The average molecular weight is 319 g/mol. The molecule has 8 nitrogen and oxygen atoms in total. The normalized spacial score (nSPS) is 10.9. The van der Waals surface area contributed by atoms with Gasteiger partial charge in [-0.3, -0.25) is 4.98 Å². The molecule has 3 heterocycles. The maximum absolute atomic E-state index is 9.09. The topological polar surface area (TPSA) is 101 Å². The molecule has 118 valence electrons. The van der Waals surface area contributed by atoms with Gasteiger partial charge < -0.3 is 10.4 Å². The first-order valence-corrected chi connectivity index (χ1v) is 7.27. The van der Waals surface area contributed by atoms with E-state index in [1.807, 2.05) is 24.3 Å². The second kappa shape index (κ2) is 6.01. The van der Waals surface area contributed by atoms with Crippen molar-refractivity contribution in [3.8, 4) is 11.3 Å². The van der Waals surface area contributed by atoms with Gasteiger partial charge >= 0.3 is 0 Å². The standard InChI is InChI=1S/C16H13N7O/c24-9-11-1-3-13(4-2-11)20-16-21-15-14(12-7-17-10-18-8-12)19-5-6-23(15)22-16/h1-8,10,24H,9H2,(H,20,22). The Morgan fingerprint density at radius 3 is 2.62 bits per heavy atom. The zero-order valence-electron chi connectivity index (χ0n) is 12.5. The highest BCUT2D eigenvalue weighted by atomic mass is 16.3. The second-order valence-corrected chi connectivity index (χ2v) is 5.09. The SMILES string of the molecule is OCc1ccc(Nc2nc3c(-c4cncnc4)nccn3n2)cc1. The Balaban J connectivity index is 1.70. The molecule has 4 rings (SSSR count). The molecule has 0 aliphatic rings. The van der Waals surface area contributed by atoms with Crippen LogP contribution in [0.25, 0.3) is 16.9 Å². The van der Waals surface area contributed by atoms with Crippen LogP contribution in [0.2, 0.25) is 0 Å². The Bertz CT molecular complexity index is 967. The van der Waals surface area contributed by atoms with Crippen molar-refractivity contribution in [3.05, 3.63) is 60.9 Å². The molecular weight excluding hydrogens is 306 g/mol. The number of aliphatic hydroxyl groups is 1. The minimum atomic E-state index is 0.0150. The van der Waals surface area contributed by atoms with Crippen LogP contribution in [0, 0.1) is 0 Å². The van der Waals surface area contributed by atoms with Gasteiger partial charge in [0.15, 0.2) is 5.65 Å². The molecule has 0 bridgehead atoms. The monoisotopic (exact) mass is 319 g/mol. The van der Waals surface area contributed by atoms with E-state index < -0.39 is 0 Å². The Hall–Kier alpha value is -3.39. The molecule has 0 fully saturated rings. The highest BCUT2D eigenvalue weighted by Gasteiger charge is 2.11. The predicted molar refractivity (Wildman–Crippen MR) is 87.5 cm³/mol. The van der Waals surface area contributed by atoms with E-state index in [1.165, 1.54) is 6.33 Å². The summed E-state index contributed by atoms with van der Waals surface area (Å²) in [5, 5.41) is 16.6. The molecular formula is C16H13N7O. The van der Waals surface area contributed by atoms with Gasteiger partial charge in [-0.05, 0) is 17.7 Å². The van der Waals surface area contributed by atoms with Crippen molar-refractivity contribution in [2.24, 2.45) is 0 Å². The van der Waals surface area contributed by atoms with Crippen molar-refractivity contribution in [1.82, 2.24) is 29.5 Å². The lowest BCUT2D eigenvalue weighted by Crippen LogP contribution is -1.94. The van der Waals surface area contributed by atoms with E-state index in [1.54, 1.807) is 29.3 Å². The number of nitrogens with one attached hydrogen (secondary N) is 1. The van der Waals surface area contributed by atoms with Crippen molar-refractivity contribution < 1.29 is 5.11 Å². The molecule has 1 aromatic carbocycles. The van der Waals surface area contributed by atoms with Crippen LogP contribution in [0.1, 0.15) is 5.56 Å². The summed E-state index contributed by atoms with van der Waals surface area (Å²) in [5.74, 6) is 0.456. The summed E-state index contributed by atoms with van der Waals surface area (Å²) in [6, 6.07) is 7.40. The number of benzene rings is 1. The first-order valence-electron chi connectivity index (χ1n) is 7.27. The van der Waals surface area contributed by atoms with Crippen LogP contribution in [-0.2, 0) is 6.61 Å². The quantitative estimate of drug-likeness (QED) is 0.591. The molecule has 3 aromatic heterocycles. The van der Waals surface area contributed by atoms with Crippen molar-refractivity contribution in [1.29, 1.82) is 0 Å². The summed E-state index contributed by atoms with van der Waals surface area (Å²) < 4.78 is 1.65. The van der Waals surface area contributed by atoms with Crippen LogP contribution in [0.5, 0.6) is 0 Å². The second-order valence-electron chi connectivity index (χ2n) is 5.09. The van der Waals surface area contributed by atoms with E-state index in [0.717, 1.165) is 16.8 Å². The summed E-state index contributed by atoms with van der Waals surface area (Å²) >= 11 is 0. The number of rotatable bonds is 4. The van der Waals surface area contributed by atoms with Gasteiger partial charge in [0.1, 0.15) is 12.0 Å². The molecule has 0 saturated carbocycles. The zero-order valence-corrected chi connectivity index (χ0v) is 12.5. The molecule has 0 atom stereocenters. The average Bonchev–Trinajstić information content (AvgIpc) is 3.05. The van der Waals surface area contributed by atoms with Gasteiger partial charge in [-0.15, -0.1) is 5.10 Å². The molecule has 24 heavy (non-hydrogen) atoms. The van der Waals surface area contributed by atoms with Crippen LogP contribution < -0.4 is 5.32 Å². The number of nitrogens with zero attached hydrogens (tertiary/aromatic N) is 6. The number of hydrogen-bond donors (Lipinski definition) is 2. The maximum Gasteiger partial charge on any atom is 0.247 e. The smallest absolute Gasteiger partial charge is 0.247 e. The van der Waals surface area contributed by atoms with Gasteiger partial charge in [-0.2, -0.15) is 4.98 Å². The largest absolute Gasteiger partial charge is 0.392 e. The number of hydrogen-bond acceptors (Lipinski definition) is 7. The predicted octanol–water partition coefficient (Wildman–Crippen LogP) is 1.82. The van der Waals surface area contributed by atoms with E-state index in [9.17, 15) is 0 Å². The third kappa shape index (κ3) is 2.66. The summed E-state index contributed by atoms with van der Waals surface area (Å²) in [4.78, 5) is 16.9. The zero-order chi connectivity index (χ0) is 16.4. The highest BCUT2D eigenvalue weighted by molar-refractivity contribution is 5.73. The number of anilines is 2. The van der Waals surface area contributed by atoms with Crippen molar-refractivity contribution in [2.45, 2.75) is 6.61 Å². The van der Waals surface area contributed by atoms with E-state index in [-0.39, 0.29) is 6.61 Å². The maximum atomic E-state index is 9.09. The molecule has 0 amide bonds. The summed E-state index contributed by atoms with van der Waals surface area (Å²) in [7, 11) is 0. The fourth-order valence-corrected chi connectivity index (χ4v) is 2.32. The van der Waals surface area contributed by atoms with Crippen LogP contribution >= 0.6 is 0 Å². The molecule has 0 aliphatic carbocycles. The van der Waals surface area contributed by atoms with Crippen molar-refractivity contribution in [3.63, 3.8) is 0 Å². The highest BCUT2D eigenvalue weighted by Crippen LogP contribution is 2.21. The Labute approximate surface area is 136 Å². The lowest BCUT2D eigenvalue weighted by molar-refractivity contribution is 0.282. The molecule has 0 saturated heterocycles. The third-order valence-electron chi connectivity index (χ3n) is 3.48. The molecule has 0 spiro atoms. The van der Waals surface area contributed by atoms with Gasteiger partial charge in [0.25, 0.3) is 0 Å². The Morgan fingerprint density at radius 1 is 1.08 bits per heavy atom. The van der Waals surface area contributed by atoms with Gasteiger partial charge in [0, 0.05) is 36.0 Å². The minimum Gasteiger partial charge on any atom is -0.392 e. The number of aromatic nitrogens is 6. The fraction of sp³-hybridized carbons (Fsp3) is 0.0625. The van der Waals surface area contributed by atoms with Crippen LogP contribution in [-0.4, -0.2) is 34.7 Å². The molecule has 2 N–H and O–H groups in total. The van der Waals surface area contributed by atoms with E-state index >= 15 is 0 Å². The summed E-state index contributed by atoms with van der Waals surface area (Å²) in [6.07, 6.45) is 8.23. The molecule has 0 radical (unpaired) electrons. The fourth-order valence-electron chi connectivity index (χ4n) is 2.32. The van der Waals surface area contributed by atoms with Crippen LogP contribution in [0.15, 0.2) is 55.4 Å². The van der Waals surface area contributed by atoms with Gasteiger partial charge in [0.05, 0.1) is 6.61 Å². The molecule has 4 aromatic rings. The van der Waals surface area contributed by atoms with Gasteiger partial charge in [-0.25, -0.2) is 14.5 Å². The Kier molecular flexibility index (Phi) is 3.56. The van der Waals surface area contributed by atoms with E-state index in [2.05, 4.69) is 30.4 Å². The molecule has 0 aliphatic heterocycles. The van der Waals surface area contributed by atoms with Crippen LogP contribution in [0.4, 0.5) is 11.6 Å². The molecule has 8 heteroatoms. The summed E-state index contributed by atoms with van der Waals surface area (Å²) in [6.45, 7) is 0.0150. The first-order chi connectivity index (χ1) is 11.8. The number of aliphatic hydroxyl groups excluding tert-OH is 1. The van der Waals surface area contributed by atoms with Gasteiger partial charge in [0.2, 0.25) is 5.95 Å². The van der Waals surface area contributed by atoms with E-state index in [4.69, 9.17) is 5.11 Å². The van der Waals surface area contributed by atoms with Crippen molar-refractivity contribution in [2.75, 3.05) is 5.32 Å². The third-order valence-corrected chi connectivity index (χ3v) is 3.48. The van der Waals surface area contributed by atoms with Gasteiger partial charge in [-0.1, -0.05) is 12.1 Å². The summed E-state index contributed by atoms with van der Waals surface area (Å²) in [5.41, 5.74) is 3.73. The lowest BCUT2D eigenvalue weighted by Gasteiger charge is -2.02. The lowest BCUT2D eigenvalue weighted by atomic mass is 10.2. The first kappa shape index (κ1) is 14.2. The number of fused-ring (bicyclic) bond motifs is 1. The minimum absolute atomic E-state index is 0.0150. The molecule has 0 unspecified atom stereocenters. The van der Waals surface area contributed by atoms with Crippen LogP contribution in [0.3, 0.4) is 0 Å². The van der Waals surface area contributed by atoms with Crippen molar-refractivity contribution >= 4 is 17.3 Å².